The van der Waals surface area contributed by atoms with Crippen LogP contribution >= 0.6 is 11.6 Å². The lowest BCUT2D eigenvalue weighted by molar-refractivity contribution is -0.123. The molecule has 1 aliphatic carbocycles. The lowest BCUT2D eigenvalue weighted by atomic mass is 9.80. The van der Waals surface area contributed by atoms with Crippen molar-refractivity contribution in [2.24, 2.45) is 5.73 Å². The van der Waals surface area contributed by atoms with E-state index in [9.17, 15) is 23.5 Å². The molecular weight excluding hydrogens is 632 g/mol. The summed E-state index contributed by atoms with van der Waals surface area (Å²) in [6, 6.07) is 9.03. The van der Waals surface area contributed by atoms with E-state index in [1.165, 1.54) is 37.4 Å². The van der Waals surface area contributed by atoms with E-state index in [-0.39, 0.29) is 69.6 Å². The van der Waals surface area contributed by atoms with Crippen molar-refractivity contribution < 1.29 is 41.7 Å². The Morgan fingerprint density at radius 3 is 2.63 bits per heavy atom. The first kappa shape index (κ1) is 31.5. The molecule has 1 fully saturated rings. The van der Waals surface area contributed by atoms with E-state index in [1.807, 2.05) is 0 Å². The third-order valence-electron chi connectivity index (χ3n) is 8.52. The number of aryl methyl sites for hydroxylation is 1. The first-order valence-electron chi connectivity index (χ1n) is 14.1. The third-order valence-corrected chi connectivity index (χ3v) is 8.76. The summed E-state index contributed by atoms with van der Waals surface area (Å²) in [6.45, 7) is -0.954. The summed E-state index contributed by atoms with van der Waals surface area (Å²) in [7, 11) is 0. The SMILES string of the molecule is Cc1cnc2c(OC(F)F)cc(C(=O)NCC(O)(c3cc4c(c(-c5cc(Cl)ccc5F)n3)OC[C@]4(C)C(N)=O)C3(F)CC3)cc2c1. The number of nitrogens with two attached hydrogens (primary N) is 1. The molecule has 14 heteroatoms. The largest absolute Gasteiger partial charge is 0.489 e. The van der Waals surface area contributed by atoms with Crippen molar-refractivity contribution >= 4 is 34.3 Å². The van der Waals surface area contributed by atoms with E-state index >= 15 is 8.78 Å². The Kier molecular flexibility index (Phi) is 7.59. The number of aliphatic hydroxyl groups is 1. The number of ether oxygens (including phenoxy) is 2. The van der Waals surface area contributed by atoms with Crippen LogP contribution in [0.2, 0.25) is 5.02 Å². The summed E-state index contributed by atoms with van der Waals surface area (Å²) in [6.07, 6.45) is 1.25. The number of carbonyl (C=O) groups excluding carboxylic acids is 2. The highest BCUT2D eigenvalue weighted by atomic mass is 35.5. The van der Waals surface area contributed by atoms with Crippen molar-refractivity contribution in [1.82, 2.24) is 15.3 Å². The summed E-state index contributed by atoms with van der Waals surface area (Å²) in [5.74, 6) is -2.74. The normalized spacial score (nSPS) is 19.3. The summed E-state index contributed by atoms with van der Waals surface area (Å²) in [5, 5.41) is 15.0. The first-order valence-corrected chi connectivity index (χ1v) is 14.5. The van der Waals surface area contributed by atoms with E-state index in [2.05, 4.69) is 20.0 Å². The number of nitrogens with zero attached hydrogens (tertiary/aromatic N) is 2. The van der Waals surface area contributed by atoms with Crippen LogP contribution in [0.3, 0.4) is 0 Å². The molecule has 6 rings (SSSR count). The Balaban J connectivity index is 1.43. The lowest BCUT2D eigenvalue weighted by Gasteiger charge is -2.33. The van der Waals surface area contributed by atoms with E-state index in [0.29, 0.717) is 10.9 Å². The van der Waals surface area contributed by atoms with Crippen molar-refractivity contribution in [2.75, 3.05) is 13.2 Å². The van der Waals surface area contributed by atoms with Gasteiger partial charge < -0.3 is 25.6 Å². The number of nitrogens with one attached hydrogen (secondary N) is 1. The van der Waals surface area contributed by atoms with Crippen LogP contribution in [0, 0.1) is 12.7 Å². The number of pyridine rings is 2. The number of primary amides is 1. The van der Waals surface area contributed by atoms with Crippen molar-refractivity contribution in [3.63, 3.8) is 0 Å². The second kappa shape index (κ2) is 11.1. The molecule has 2 aromatic carbocycles. The van der Waals surface area contributed by atoms with E-state index in [1.54, 1.807) is 13.0 Å². The maximum absolute atomic E-state index is 16.2. The van der Waals surface area contributed by atoms with Crippen LogP contribution in [0.4, 0.5) is 17.6 Å². The van der Waals surface area contributed by atoms with Gasteiger partial charge in [-0.25, -0.2) is 13.8 Å². The quantitative estimate of drug-likeness (QED) is 0.209. The van der Waals surface area contributed by atoms with Crippen molar-refractivity contribution in [2.45, 2.75) is 50.0 Å². The Bertz CT molecular complexity index is 1920. The topological polar surface area (TPSA) is 137 Å². The van der Waals surface area contributed by atoms with E-state index < -0.39 is 47.5 Å². The molecule has 2 aromatic heterocycles. The van der Waals surface area contributed by atoms with Gasteiger partial charge >= 0.3 is 6.61 Å². The number of benzene rings is 2. The van der Waals surface area contributed by atoms with Gasteiger partial charge in [0.05, 0.1) is 12.2 Å². The molecule has 0 radical (unpaired) electrons. The number of hydrogen-bond acceptors (Lipinski definition) is 7. The van der Waals surface area contributed by atoms with Crippen LogP contribution in [0.25, 0.3) is 22.2 Å². The van der Waals surface area contributed by atoms with Crippen LogP contribution < -0.4 is 20.5 Å². The van der Waals surface area contributed by atoms with Gasteiger partial charge in [0, 0.05) is 33.3 Å². The standard InChI is InChI=1S/C32H27ClF4N4O5/c1-15-7-16-8-17(9-22(46-29(35)36)24(16)39-12-15)27(42)40-13-32(44,31(37)5-6-31)23-11-20-26(45-14-30(20,2)28(38)43)25(41-23)19-10-18(33)3-4-21(19)34/h3-4,7-12,29,44H,5-6,13-14H2,1-2H3,(H2,38,43)(H,40,42)/t30-,32?/m0/s1. The minimum Gasteiger partial charge on any atom is -0.489 e. The average Bonchev–Trinajstić information content (AvgIpc) is 3.67. The molecule has 0 spiro atoms. The Labute approximate surface area is 264 Å². The summed E-state index contributed by atoms with van der Waals surface area (Å²) in [4.78, 5) is 34.6. The molecule has 3 heterocycles. The zero-order valence-electron chi connectivity index (χ0n) is 24.5. The van der Waals surface area contributed by atoms with Gasteiger partial charge in [0.2, 0.25) is 5.91 Å². The van der Waals surface area contributed by atoms with E-state index in [4.69, 9.17) is 22.1 Å². The highest BCUT2D eigenvalue weighted by molar-refractivity contribution is 6.30. The fourth-order valence-corrected chi connectivity index (χ4v) is 5.79. The zero-order valence-corrected chi connectivity index (χ0v) is 25.2. The minimum absolute atomic E-state index is 0.00735. The molecule has 1 aliphatic heterocycles. The van der Waals surface area contributed by atoms with Gasteiger partial charge in [-0.15, -0.1) is 0 Å². The van der Waals surface area contributed by atoms with Gasteiger partial charge in [-0.1, -0.05) is 11.6 Å². The molecule has 0 bridgehead atoms. The van der Waals surface area contributed by atoms with Crippen molar-refractivity contribution in [1.29, 1.82) is 0 Å². The molecule has 1 unspecified atom stereocenters. The smallest absolute Gasteiger partial charge is 0.387 e. The number of aromatic nitrogens is 2. The van der Waals surface area contributed by atoms with Crippen LogP contribution in [0.15, 0.2) is 48.7 Å². The molecule has 2 atom stereocenters. The molecule has 1 saturated carbocycles. The third kappa shape index (κ3) is 5.26. The van der Waals surface area contributed by atoms with Gasteiger partial charge in [0.15, 0.2) is 11.4 Å². The predicted octanol–water partition coefficient (Wildman–Crippen LogP) is 5.25. The summed E-state index contributed by atoms with van der Waals surface area (Å²) >= 11 is 6.14. The van der Waals surface area contributed by atoms with Crippen LogP contribution in [-0.2, 0) is 15.8 Å². The minimum atomic E-state index is -3.20. The second-order valence-electron chi connectivity index (χ2n) is 11.8. The number of hydrogen-bond donors (Lipinski definition) is 3. The average molecular weight is 659 g/mol. The fourth-order valence-electron chi connectivity index (χ4n) is 5.62. The highest BCUT2D eigenvalue weighted by Crippen LogP contribution is 2.55. The number of alkyl halides is 3. The fraction of sp³-hybridized carbons (Fsp3) is 0.312. The Hall–Kier alpha value is -4.49. The summed E-state index contributed by atoms with van der Waals surface area (Å²) in [5.41, 5.74) is -0.325. The highest BCUT2D eigenvalue weighted by Gasteiger charge is 2.62. The Morgan fingerprint density at radius 1 is 1.22 bits per heavy atom. The maximum Gasteiger partial charge on any atom is 0.387 e. The van der Waals surface area contributed by atoms with Gasteiger partial charge in [0.25, 0.3) is 5.91 Å². The molecule has 2 amide bonds. The molecule has 0 saturated heterocycles. The second-order valence-corrected chi connectivity index (χ2v) is 12.2. The Morgan fingerprint density at radius 2 is 1.96 bits per heavy atom. The lowest BCUT2D eigenvalue weighted by Crippen LogP contribution is -2.49. The van der Waals surface area contributed by atoms with Gasteiger partial charge in [-0.05, 0) is 74.7 Å². The molecule has 240 valence electrons. The van der Waals surface area contributed by atoms with Gasteiger partial charge in [0.1, 0.15) is 40.5 Å². The predicted molar refractivity (Wildman–Crippen MR) is 159 cm³/mol. The number of amides is 2. The van der Waals surface area contributed by atoms with Crippen LogP contribution in [-0.4, -0.2) is 52.3 Å². The number of carbonyl (C=O) groups is 2. The zero-order chi connectivity index (χ0) is 33.2. The summed E-state index contributed by atoms with van der Waals surface area (Å²) < 4.78 is 68.1. The van der Waals surface area contributed by atoms with Crippen LogP contribution in [0.5, 0.6) is 11.5 Å². The molecule has 4 aromatic rings. The molecule has 2 aliphatic rings. The van der Waals surface area contributed by atoms with Crippen molar-refractivity contribution in [3.05, 3.63) is 81.9 Å². The maximum atomic E-state index is 16.2. The van der Waals surface area contributed by atoms with Crippen molar-refractivity contribution in [3.8, 4) is 22.8 Å². The molecule has 4 N–H and O–H groups in total. The molecule has 46 heavy (non-hydrogen) atoms. The number of halogens is 5. The van der Waals surface area contributed by atoms with Crippen LogP contribution in [0.1, 0.15) is 46.9 Å². The van der Waals surface area contributed by atoms with Gasteiger partial charge in [-0.3, -0.25) is 14.6 Å². The monoisotopic (exact) mass is 658 g/mol. The van der Waals surface area contributed by atoms with E-state index in [0.717, 1.165) is 12.1 Å². The number of fused-ring (bicyclic) bond motifs is 2. The molecule has 9 nitrogen and oxygen atoms in total. The number of rotatable bonds is 9. The molecular formula is C32H27ClF4N4O5. The van der Waals surface area contributed by atoms with Gasteiger partial charge in [-0.2, -0.15) is 8.78 Å². The first-order chi connectivity index (χ1) is 21.6.